The summed E-state index contributed by atoms with van der Waals surface area (Å²) >= 11 is 0. The molecule has 0 radical (unpaired) electrons. The number of carbonyl (C=O) groups is 1. The lowest BCUT2D eigenvalue weighted by atomic mass is 9.98. The van der Waals surface area contributed by atoms with Crippen LogP contribution in [-0.4, -0.2) is 42.6 Å². The minimum Gasteiger partial charge on any atom is -0.508 e. The monoisotopic (exact) mass is 248 g/mol. The molecular formula is C14H20N2O2. The summed E-state index contributed by atoms with van der Waals surface area (Å²) < 4.78 is 0. The maximum Gasteiger partial charge on any atom is 0.251 e. The lowest BCUT2D eigenvalue weighted by molar-refractivity contribution is 0.0936. The summed E-state index contributed by atoms with van der Waals surface area (Å²) in [4.78, 5) is 14.2. The number of nitrogens with zero attached hydrogens (tertiary/aromatic N) is 1. The second-order valence-electron chi connectivity index (χ2n) is 5.03. The number of aromatic hydroxyl groups is 1. The van der Waals surface area contributed by atoms with Crippen LogP contribution < -0.4 is 5.32 Å². The first kappa shape index (κ1) is 12.9. The summed E-state index contributed by atoms with van der Waals surface area (Å²) in [5.41, 5.74) is 0.513. The SMILES string of the molecule is CN1CCCC(CNC(=O)c2cccc(O)c2)C1. The maximum absolute atomic E-state index is 11.9. The molecule has 1 fully saturated rings. The first-order chi connectivity index (χ1) is 8.65. The quantitative estimate of drug-likeness (QED) is 0.851. The molecule has 1 amide bonds. The highest BCUT2D eigenvalue weighted by Crippen LogP contribution is 2.15. The number of carbonyl (C=O) groups excluding carboxylic acids is 1. The average molecular weight is 248 g/mol. The van der Waals surface area contributed by atoms with Crippen molar-refractivity contribution in [3.63, 3.8) is 0 Å². The molecule has 4 heteroatoms. The summed E-state index contributed by atoms with van der Waals surface area (Å²) in [6.45, 7) is 2.90. The van der Waals surface area contributed by atoms with Crippen molar-refractivity contribution in [2.24, 2.45) is 5.92 Å². The maximum atomic E-state index is 11.9. The Hall–Kier alpha value is -1.55. The zero-order valence-electron chi connectivity index (χ0n) is 10.7. The van der Waals surface area contributed by atoms with Crippen LogP contribution in [0.2, 0.25) is 0 Å². The predicted octanol–water partition coefficient (Wildman–Crippen LogP) is 1.46. The molecule has 1 unspecified atom stereocenters. The Morgan fingerprint density at radius 3 is 3.11 bits per heavy atom. The molecule has 1 saturated heterocycles. The van der Waals surface area contributed by atoms with Gasteiger partial charge in [-0.2, -0.15) is 0 Å². The van der Waals surface area contributed by atoms with Crippen LogP contribution in [0, 0.1) is 5.92 Å². The second-order valence-corrected chi connectivity index (χ2v) is 5.03. The topological polar surface area (TPSA) is 52.6 Å². The van der Waals surface area contributed by atoms with Gasteiger partial charge in [0.05, 0.1) is 0 Å². The molecular weight excluding hydrogens is 228 g/mol. The Balaban J connectivity index is 1.84. The van der Waals surface area contributed by atoms with E-state index in [2.05, 4.69) is 17.3 Å². The van der Waals surface area contributed by atoms with Crippen LogP contribution in [0.3, 0.4) is 0 Å². The van der Waals surface area contributed by atoms with Crippen molar-refractivity contribution in [1.82, 2.24) is 10.2 Å². The molecule has 1 aliphatic heterocycles. The van der Waals surface area contributed by atoms with E-state index in [1.165, 1.54) is 18.9 Å². The molecule has 2 N–H and O–H groups in total. The summed E-state index contributed by atoms with van der Waals surface area (Å²) in [5, 5.41) is 12.3. The molecule has 1 aromatic rings. The molecule has 0 aromatic heterocycles. The van der Waals surface area contributed by atoms with E-state index < -0.39 is 0 Å². The highest BCUT2D eigenvalue weighted by molar-refractivity contribution is 5.94. The molecule has 1 aliphatic rings. The number of piperidine rings is 1. The Morgan fingerprint density at radius 1 is 1.56 bits per heavy atom. The van der Waals surface area contributed by atoms with Gasteiger partial charge in [0.1, 0.15) is 5.75 Å². The van der Waals surface area contributed by atoms with Gasteiger partial charge in [-0.05, 0) is 50.6 Å². The van der Waals surface area contributed by atoms with Gasteiger partial charge in [0.15, 0.2) is 0 Å². The van der Waals surface area contributed by atoms with Crippen LogP contribution >= 0.6 is 0 Å². The van der Waals surface area contributed by atoms with Crippen LogP contribution in [0.15, 0.2) is 24.3 Å². The van der Waals surface area contributed by atoms with Gasteiger partial charge in [-0.3, -0.25) is 4.79 Å². The number of hydrogen-bond acceptors (Lipinski definition) is 3. The summed E-state index contributed by atoms with van der Waals surface area (Å²) in [5.74, 6) is 0.546. The van der Waals surface area contributed by atoms with E-state index in [-0.39, 0.29) is 11.7 Å². The van der Waals surface area contributed by atoms with E-state index in [1.807, 2.05) is 0 Å². The molecule has 18 heavy (non-hydrogen) atoms. The van der Waals surface area contributed by atoms with Crippen molar-refractivity contribution in [1.29, 1.82) is 0 Å². The van der Waals surface area contributed by atoms with Gasteiger partial charge in [-0.15, -0.1) is 0 Å². The Labute approximate surface area is 108 Å². The molecule has 4 nitrogen and oxygen atoms in total. The van der Waals surface area contributed by atoms with Crippen LogP contribution in [0.4, 0.5) is 0 Å². The lowest BCUT2D eigenvalue weighted by Gasteiger charge is -2.29. The molecule has 0 aliphatic carbocycles. The number of rotatable bonds is 3. The minimum atomic E-state index is -0.112. The number of amides is 1. The zero-order valence-corrected chi connectivity index (χ0v) is 10.7. The number of benzene rings is 1. The van der Waals surface area contributed by atoms with Gasteiger partial charge in [-0.1, -0.05) is 6.07 Å². The molecule has 2 rings (SSSR count). The van der Waals surface area contributed by atoms with Crippen molar-refractivity contribution in [2.45, 2.75) is 12.8 Å². The largest absolute Gasteiger partial charge is 0.508 e. The number of phenols is 1. The van der Waals surface area contributed by atoms with Crippen LogP contribution in [0.25, 0.3) is 0 Å². The third kappa shape index (κ3) is 3.47. The Morgan fingerprint density at radius 2 is 2.39 bits per heavy atom. The number of phenolic OH excluding ortho intramolecular Hbond substituents is 1. The van der Waals surface area contributed by atoms with Crippen molar-refractivity contribution in [3.05, 3.63) is 29.8 Å². The highest BCUT2D eigenvalue weighted by atomic mass is 16.3. The van der Waals surface area contributed by atoms with Crippen molar-refractivity contribution in [3.8, 4) is 5.75 Å². The van der Waals surface area contributed by atoms with E-state index in [4.69, 9.17) is 0 Å². The van der Waals surface area contributed by atoms with Gasteiger partial charge >= 0.3 is 0 Å². The van der Waals surface area contributed by atoms with E-state index in [9.17, 15) is 9.90 Å². The third-order valence-electron chi connectivity index (χ3n) is 3.38. The average Bonchev–Trinajstić information content (AvgIpc) is 2.36. The van der Waals surface area contributed by atoms with E-state index in [0.29, 0.717) is 18.0 Å². The number of likely N-dealkylation sites (tertiary alicyclic amines) is 1. The highest BCUT2D eigenvalue weighted by Gasteiger charge is 2.17. The molecule has 0 saturated carbocycles. The minimum absolute atomic E-state index is 0.112. The van der Waals surface area contributed by atoms with Crippen molar-refractivity contribution >= 4 is 5.91 Å². The normalized spacial score (nSPS) is 20.6. The van der Waals surface area contributed by atoms with E-state index >= 15 is 0 Å². The fraction of sp³-hybridized carbons (Fsp3) is 0.500. The Bertz CT molecular complexity index is 420. The summed E-state index contributed by atoms with van der Waals surface area (Å²) in [6, 6.07) is 6.44. The predicted molar refractivity (Wildman–Crippen MR) is 70.7 cm³/mol. The van der Waals surface area contributed by atoms with Crippen LogP contribution in [0.5, 0.6) is 5.75 Å². The van der Waals surface area contributed by atoms with Gasteiger partial charge in [0.25, 0.3) is 5.91 Å². The van der Waals surface area contributed by atoms with Gasteiger partial charge in [0.2, 0.25) is 0 Å². The van der Waals surface area contributed by atoms with E-state index in [1.54, 1.807) is 18.2 Å². The first-order valence-corrected chi connectivity index (χ1v) is 6.41. The summed E-state index contributed by atoms with van der Waals surface area (Å²) in [7, 11) is 2.11. The molecule has 1 heterocycles. The standard InChI is InChI=1S/C14H20N2O2/c1-16-7-3-4-11(10-16)9-15-14(18)12-5-2-6-13(17)8-12/h2,5-6,8,11,17H,3-4,7,9-10H2,1H3,(H,15,18). The number of hydrogen-bond donors (Lipinski definition) is 2. The Kier molecular flexibility index (Phi) is 4.20. The van der Waals surface area contributed by atoms with Crippen molar-refractivity contribution < 1.29 is 9.90 Å². The van der Waals surface area contributed by atoms with Gasteiger partial charge in [0, 0.05) is 18.7 Å². The first-order valence-electron chi connectivity index (χ1n) is 6.41. The fourth-order valence-corrected chi connectivity index (χ4v) is 2.43. The molecule has 0 bridgehead atoms. The van der Waals surface area contributed by atoms with Gasteiger partial charge in [-0.25, -0.2) is 0 Å². The fourth-order valence-electron chi connectivity index (χ4n) is 2.43. The zero-order chi connectivity index (χ0) is 13.0. The summed E-state index contributed by atoms with van der Waals surface area (Å²) in [6.07, 6.45) is 2.37. The van der Waals surface area contributed by atoms with Crippen molar-refractivity contribution in [2.75, 3.05) is 26.7 Å². The van der Waals surface area contributed by atoms with Gasteiger partial charge < -0.3 is 15.3 Å². The third-order valence-corrected chi connectivity index (χ3v) is 3.38. The van der Waals surface area contributed by atoms with Crippen LogP contribution in [-0.2, 0) is 0 Å². The smallest absolute Gasteiger partial charge is 0.251 e. The second kappa shape index (κ2) is 5.87. The van der Waals surface area contributed by atoms with Crippen LogP contribution in [0.1, 0.15) is 23.2 Å². The number of nitrogens with one attached hydrogen (secondary N) is 1. The molecule has 1 atom stereocenters. The molecule has 1 aromatic carbocycles. The molecule has 0 spiro atoms. The lowest BCUT2D eigenvalue weighted by Crippen LogP contribution is -2.39. The van der Waals surface area contributed by atoms with E-state index in [0.717, 1.165) is 13.1 Å². The molecule has 98 valence electrons.